The Kier molecular flexibility index (Phi) is 6.30. The lowest BCUT2D eigenvalue weighted by molar-refractivity contribution is 0.303. The molecule has 2 aromatic rings. The Balaban J connectivity index is 1.80. The van der Waals surface area contributed by atoms with Crippen molar-refractivity contribution in [3.05, 3.63) is 58.0 Å². The van der Waals surface area contributed by atoms with Gasteiger partial charge in [0, 0.05) is 18.0 Å². The van der Waals surface area contributed by atoms with Gasteiger partial charge in [-0.25, -0.2) is 4.39 Å². The molecule has 3 nitrogen and oxygen atoms in total. The van der Waals surface area contributed by atoms with E-state index in [4.69, 9.17) is 12.2 Å². The van der Waals surface area contributed by atoms with Crippen LogP contribution in [0.3, 0.4) is 0 Å². The second-order valence-corrected chi connectivity index (χ2v) is 6.57. The van der Waals surface area contributed by atoms with Crippen LogP contribution in [0.15, 0.2) is 41.8 Å². The fraction of sp³-hybridized carbons (Fsp3) is 0.312. The molecule has 0 amide bonds. The SMILES string of the molecule is CN(C)[C@H](CNC(=S)NCc1ccc(F)cc1)c1cccs1. The molecule has 118 valence electrons. The Bertz CT molecular complexity index is 582. The van der Waals surface area contributed by atoms with Gasteiger partial charge in [-0.05, 0) is 55.5 Å². The van der Waals surface area contributed by atoms with Crippen LogP contribution in [0.4, 0.5) is 4.39 Å². The normalized spacial score (nSPS) is 12.2. The monoisotopic (exact) mass is 337 g/mol. The van der Waals surface area contributed by atoms with E-state index in [0.717, 1.165) is 12.1 Å². The van der Waals surface area contributed by atoms with Gasteiger partial charge in [-0.3, -0.25) is 0 Å². The minimum atomic E-state index is -0.228. The lowest BCUT2D eigenvalue weighted by Crippen LogP contribution is -2.39. The second-order valence-electron chi connectivity index (χ2n) is 5.18. The van der Waals surface area contributed by atoms with Crippen molar-refractivity contribution in [2.75, 3.05) is 20.6 Å². The molecule has 0 aliphatic heterocycles. The number of nitrogens with one attached hydrogen (secondary N) is 2. The summed E-state index contributed by atoms with van der Waals surface area (Å²) in [5, 5.41) is 9.07. The zero-order valence-corrected chi connectivity index (χ0v) is 14.3. The van der Waals surface area contributed by atoms with Crippen molar-refractivity contribution in [1.29, 1.82) is 0 Å². The third kappa shape index (κ3) is 5.05. The van der Waals surface area contributed by atoms with Gasteiger partial charge in [-0.2, -0.15) is 0 Å². The molecule has 0 spiro atoms. The molecule has 2 N–H and O–H groups in total. The number of benzene rings is 1. The van der Waals surface area contributed by atoms with Crippen LogP contribution in [0, 0.1) is 5.82 Å². The number of thiophene rings is 1. The van der Waals surface area contributed by atoms with Crippen molar-refractivity contribution in [3.63, 3.8) is 0 Å². The smallest absolute Gasteiger partial charge is 0.166 e. The molecule has 1 aromatic carbocycles. The van der Waals surface area contributed by atoms with Gasteiger partial charge in [0.2, 0.25) is 0 Å². The molecule has 1 atom stereocenters. The Morgan fingerprint density at radius 1 is 1.23 bits per heavy atom. The summed E-state index contributed by atoms with van der Waals surface area (Å²) in [5.74, 6) is -0.228. The summed E-state index contributed by atoms with van der Waals surface area (Å²) >= 11 is 7.04. The molecular weight excluding hydrogens is 317 g/mol. The van der Waals surface area contributed by atoms with Gasteiger partial charge in [0.05, 0.1) is 6.04 Å². The average Bonchev–Trinajstić information content (AvgIpc) is 3.00. The molecule has 0 bridgehead atoms. The average molecular weight is 337 g/mol. The number of thiocarbonyl (C=S) groups is 1. The highest BCUT2D eigenvalue weighted by molar-refractivity contribution is 7.80. The standard InChI is InChI=1S/C16H20FN3S2/c1-20(2)14(15-4-3-9-22-15)11-19-16(21)18-10-12-5-7-13(17)8-6-12/h3-9,14H,10-11H2,1-2H3,(H2,18,19,21)/t14-/m1/s1. The molecule has 0 aliphatic carbocycles. The lowest BCUT2D eigenvalue weighted by atomic mass is 10.2. The van der Waals surface area contributed by atoms with Gasteiger partial charge < -0.3 is 15.5 Å². The summed E-state index contributed by atoms with van der Waals surface area (Å²) in [4.78, 5) is 3.47. The molecule has 6 heteroatoms. The molecule has 0 fully saturated rings. The Morgan fingerprint density at radius 3 is 2.55 bits per heavy atom. The number of hydrogen-bond acceptors (Lipinski definition) is 3. The predicted octanol–water partition coefficient (Wildman–Crippen LogP) is 3.15. The third-order valence-electron chi connectivity index (χ3n) is 3.32. The number of rotatable bonds is 6. The highest BCUT2D eigenvalue weighted by Gasteiger charge is 2.15. The molecule has 0 aliphatic rings. The topological polar surface area (TPSA) is 27.3 Å². The first-order valence-electron chi connectivity index (χ1n) is 7.02. The van der Waals surface area contributed by atoms with Crippen molar-refractivity contribution >= 4 is 28.7 Å². The van der Waals surface area contributed by atoms with E-state index in [2.05, 4.69) is 47.1 Å². The van der Waals surface area contributed by atoms with E-state index in [9.17, 15) is 4.39 Å². The van der Waals surface area contributed by atoms with Crippen molar-refractivity contribution in [2.24, 2.45) is 0 Å². The second kappa shape index (κ2) is 8.22. The minimum Gasteiger partial charge on any atom is -0.361 e. The van der Waals surface area contributed by atoms with Crippen LogP contribution < -0.4 is 10.6 Å². The number of nitrogens with zero attached hydrogens (tertiary/aromatic N) is 1. The van der Waals surface area contributed by atoms with Crippen LogP contribution in [0.2, 0.25) is 0 Å². The molecule has 1 aromatic heterocycles. The molecular formula is C16H20FN3S2. The summed E-state index contributed by atoms with van der Waals surface area (Å²) in [7, 11) is 4.11. The first kappa shape index (κ1) is 16.9. The maximum absolute atomic E-state index is 12.8. The summed E-state index contributed by atoms with van der Waals surface area (Å²) in [6.45, 7) is 1.32. The van der Waals surface area contributed by atoms with Crippen LogP contribution >= 0.6 is 23.6 Å². The van der Waals surface area contributed by atoms with Gasteiger partial charge in [0.15, 0.2) is 5.11 Å². The van der Waals surface area contributed by atoms with Crippen molar-refractivity contribution in [3.8, 4) is 0 Å². The van der Waals surface area contributed by atoms with E-state index in [1.165, 1.54) is 17.0 Å². The Labute approximate surface area is 140 Å². The van der Waals surface area contributed by atoms with Gasteiger partial charge in [0.1, 0.15) is 5.82 Å². The number of likely N-dealkylation sites (N-methyl/N-ethyl adjacent to an activating group) is 1. The van der Waals surface area contributed by atoms with Gasteiger partial charge in [0.25, 0.3) is 0 Å². The van der Waals surface area contributed by atoms with E-state index in [0.29, 0.717) is 11.7 Å². The number of hydrogen-bond donors (Lipinski definition) is 2. The van der Waals surface area contributed by atoms with Crippen LogP contribution in [-0.4, -0.2) is 30.7 Å². The fourth-order valence-corrected chi connectivity index (χ4v) is 3.13. The highest BCUT2D eigenvalue weighted by Crippen LogP contribution is 2.22. The first-order chi connectivity index (χ1) is 10.6. The van der Waals surface area contributed by atoms with Gasteiger partial charge in [-0.1, -0.05) is 18.2 Å². The molecule has 2 rings (SSSR count). The van der Waals surface area contributed by atoms with Crippen LogP contribution in [-0.2, 0) is 6.54 Å². The summed E-state index contributed by atoms with van der Waals surface area (Å²) in [6, 6.07) is 10.9. The lowest BCUT2D eigenvalue weighted by Gasteiger charge is -2.24. The van der Waals surface area contributed by atoms with Gasteiger partial charge >= 0.3 is 0 Å². The van der Waals surface area contributed by atoms with E-state index in [-0.39, 0.29) is 11.9 Å². The largest absolute Gasteiger partial charge is 0.361 e. The van der Waals surface area contributed by atoms with Crippen molar-refractivity contribution in [1.82, 2.24) is 15.5 Å². The fourth-order valence-electron chi connectivity index (χ4n) is 2.05. The Hall–Kier alpha value is -1.50. The van der Waals surface area contributed by atoms with E-state index < -0.39 is 0 Å². The molecule has 0 saturated carbocycles. The first-order valence-corrected chi connectivity index (χ1v) is 8.31. The highest BCUT2D eigenvalue weighted by atomic mass is 32.1. The minimum absolute atomic E-state index is 0.228. The van der Waals surface area contributed by atoms with Crippen molar-refractivity contribution < 1.29 is 4.39 Å². The summed E-state index contributed by atoms with van der Waals surface area (Å²) in [6.07, 6.45) is 0. The summed E-state index contributed by atoms with van der Waals surface area (Å²) in [5.41, 5.74) is 0.993. The van der Waals surface area contributed by atoms with E-state index in [1.807, 2.05) is 0 Å². The van der Waals surface area contributed by atoms with Crippen LogP contribution in [0.25, 0.3) is 0 Å². The zero-order chi connectivity index (χ0) is 15.9. The van der Waals surface area contributed by atoms with E-state index in [1.54, 1.807) is 23.5 Å². The number of halogens is 1. The van der Waals surface area contributed by atoms with Crippen LogP contribution in [0.5, 0.6) is 0 Å². The van der Waals surface area contributed by atoms with Crippen molar-refractivity contribution in [2.45, 2.75) is 12.6 Å². The van der Waals surface area contributed by atoms with Gasteiger partial charge in [-0.15, -0.1) is 11.3 Å². The predicted molar refractivity (Wildman–Crippen MR) is 94.6 cm³/mol. The molecule has 0 radical (unpaired) electrons. The molecule has 0 unspecified atom stereocenters. The third-order valence-corrected chi connectivity index (χ3v) is 4.58. The Morgan fingerprint density at radius 2 is 1.95 bits per heavy atom. The maximum Gasteiger partial charge on any atom is 0.166 e. The van der Waals surface area contributed by atoms with E-state index >= 15 is 0 Å². The molecule has 22 heavy (non-hydrogen) atoms. The summed E-state index contributed by atoms with van der Waals surface area (Å²) < 4.78 is 12.8. The quantitative estimate of drug-likeness (QED) is 0.792. The molecule has 0 saturated heterocycles. The van der Waals surface area contributed by atoms with Crippen LogP contribution in [0.1, 0.15) is 16.5 Å². The zero-order valence-electron chi connectivity index (χ0n) is 12.7. The molecule has 1 heterocycles. The maximum atomic E-state index is 12.8.